The number of nitrogens with zero attached hydrogens (tertiary/aromatic N) is 1. The largest absolute Gasteiger partial charge is 0.450 e. The molecule has 1 amide bonds. The molecule has 3 rings (SSSR count). The number of rotatable bonds is 5. The lowest BCUT2D eigenvalue weighted by Crippen LogP contribution is -2.30. The summed E-state index contributed by atoms with van der Waals surface area (Å²) >= 11 is 1.55. The van der Waals surface area contributed by atoms with Gasteiger partial charge in [0.2, 0.25) is 5.76 Å². The highest BCUT2D eigenvalue weighted by Gasteiger charge is 2.17. The Balaban J connectivity index is 1.64. The average molecular weight is 357 g/mol. The number of benzene rings is 1. The van der Waals surface area contributed by atoms with Gasteiger partial charge in [0.1, 0.15) is 5.58 Å². The highest BCUT2D eigenvalue weighted by Crippen LogP contribution is 2.13. The number of hydrogen-bond acceptors (Lipinski definition) is 6. The topological polar surface area (TPSA) is 76.8 Å². The van der Waals surface area contributed by atoms with E-state index in [4.69, 9.17) is 9.15 Å². The molecule has 0 unspecified atom stereocenters. The first-order valence-electron chi connectivity index (χ1n) is 7.49. The summed E-state index contributed by atoms with van der Waals surface area (Å²) in [5, 5.41) is 4.25. The minimum absolute atomic E-state index is 0.225. The molecule has 1 aromatic carbocycles. The van der Waals surface area contributed by atoms with Crippen molar-refractivity contribution in [3.05, 3.63) is 68.7 Å². The fraction of sp³-hybridized carbons (Fsp3) is 0.167. The number of amides is 1. The molecule has 0 aliphatic carbocycles. The molecular formula is C18H15NO5S. The second-order valence-electron chi connectivity index (χ2n) is 5.43. The number of likely N-dealkylation sites (N-methyl/N-ethyl adjacent to an activating group) is 1. The average Bonchev–Trinajstić information content (AvgIpc) is 3.12. The monoisotopic (exact) mass is 357 g/mol. The van der Waals surface area contributed by atoms with Gasteiger partial charge in [-0.25, -0.2) is 4.79 Å². The van der Waals surface area contributed by atoms with Crippen molar-refractivity contribution in [2.45, 2.75) is 6.54 Å². The van der Waals surface area contributed by atoms with Gasteiger partial charge in [-0.2, -0.15) is 11.3 Å². The SMILES string of the molecule is CN(Cc1ccsc1)C(=O)COC(=O)c1cc(=O)c2ccccc2o1. The standard InChI is InChI=1S/C18H15NO5S/c1-19(9-12-6-7-25-11-12)17(21)10-23-18(22)16-8-14(20)13-4-2-3-5-15(13)24-16/h2-8,11H,9-10H2,1H3. The third kappa shape index (κ3) is 3.95. The fourth-order valence-corrected chi connectivity index (χ4v) is 2.92. The lowest BCUT2D eigenvalue weighted by atomic mass is 10.2. The van der Waals surface area contributed by atoms with Gasteiger partial charge in [-0.3, -0.25) is 9.59 Å². The summed E-state index contributed by atoms with van der Waals surface area (Å²) < 4.78 is 10.4. The molecule has 0 spiro atoms. The number of carbonyl (C=O) groups excluding carboxylic acids is 2. The first-order chi connectivity index (χ1) is 12.0. The fourth-order valence-electron chi connectivity index (χ4n) is 2.26. The van der Waals surface area contributed by atoms with Gasteiger partial charge in [0, 0.05) is 19.7 Å². The summed E-state index contributed by atoms with van der Waals surface area (Å²) in [6.45, 7) is 0.0148. The molecule has 0 aliphatic heterocycles. The number of thiophene rings is 1. The zero-order valence-corrected chi connectivity index (χ0v) is 14.2. The van der Waals surface area contributed by atoms with Crippen LogP contribution in [0.4, 0.5) is 0 Å². The predicted octanol–water partition coefficient (Wildman–Crippen LogP) is 2.67. The maximum atomic E-state index is 12.1. The number of fused-ring (bicyclic) bond motifs is 1. The van der Waals surface area contributed by atoms with Crippen molar-refractivity contribution in [3.8, 4) is 0 Å². The van der Waals surface area contributed by atoms with Crippen molar-refractivity contribution in [1.29, 1.82) is 0 Å². The van der Waals surface area contributed by atoms with Crippen LogP contribution in [0.25, 0.3) is 11.0 Å². The van der Waals surface area contributed by atoms with E-state index in [-0.39, 0.29) is 17.1 Å². The normalized spacial score (nSPS) is 10.6. The Bertz CT molecular complexity index is 961. The van der Waals surface area contributed by atoms with Crippen molar-refractivity contribution in [2.75, 3.05) is 13.7 Å². The number of ether oxygens (including phenoxy) is 1. The molecule has 128 valence electrons. The molecule has 0 fully saturated rings. The smallest absolute Gasteiger partial charge is 0.374 e. The van der Waals surface area contributed by atoms with Crippen LogP contribution in [0.2, 0.25) is 0 Å². The lowest BCUT2D eigenvalue weighted by Gasteiger charge is -2.16. The summed E-state index contributed by atoms with van der Waals surface area (Å²) in [6, 6.07) is 9.60. The molecule has 0 radical (unpaired) electrons. The Morgan fingerprint density at radius 1 is 1.24 bits per heavy atom. The first kappa shape index (κ1) is 16.9. The molecular weight excluding hydrogens is 342 g/mol. The Morgan fingerprint density at radius 2 is 2.04 bits per heavy atom. The molecule has 0 aliphatic rings. The summed E-state index contributed by atoms with van der Waals surface area (Å²) in [4.78, 5) is 37.6. The van der Waals surface area contributed by atoms with Gasteiger partial charge in [0.25, 0.3) is 5.91 Å². The number of hydrogen-bond donors (Lipinski definition) is 0. The van der Waals surface area contributed by atoms with E-state index in [1.807, 2.05) is 16.8 Å². The van der Waals surface area contributed by atoms with Crippen LogP contribution in [-0.2, 0) is 16.1 Å². The van der Waals surface area contributed by atoms with E-state index in [0.29, 0.717) is 17.5 Å². The second kappa shape index (κ2) is 7.31. The zero-order chi connectivity index (χ0) is 17.8. The second-order valence-corrected chi connectivity index (χ2v) is 6.21. The maximum absolute atomic E-state index is 12.1. The van der Waals surface area contributed by atoms with Gasteiger partial charge in [-0.1, -0.05) is 12.1 Å². The van der Waals surface area contributed by atoms with Crippen LogP contribution in [-0.4, -0.2) is 30.4 Å². The van der Waals surface area contributed by atoms with E-state index in [0.717, 1.165) is 11.6 Å². The highest BCUT2D eigenvalue weighted by molar-refractivity contribution is 7.07. The van der Waals surface area contributed by atoms with Gasteiger partial charge in [-0.05, 0) is 34.5 Å². The van der Waals surface area contributed by atoms with E-state index in [1.165, 1.54) is 4.90 Å². The van der Waals surface area contributed by atoms with Crippen molar-refractivity contribution in [2.24, 2.45) is 0 Å². The molecule has 6 nitrogen and oxygen atoms in total. The van der Waals surface area contributed by atoms with E-state index < -0.39 is 12.6 Å². The summed E-state index contributed by atoms with van der Waals surface area (Å²) in [7, 11) is 1.63. The van der Waals surface area contributed by atoms with Crippen molar-refractivity contribution >= 4 is 34.2 Å². The van der Waals surface area contributed by atoms with Gasteiger partial charge < -0.3 is 14.1 Å². The lowest BCUT2D eigenvalue weighted by molar-refractivity contribution is -0.133. The molecule has 7 heteroatoms. The van der Waals surface area contributed by atoms with Crippen LogP contribution in [0.1, 0.15) is 16.1 Å². The van der Waals surface area contributed by atoms with Crippen LogP contribution in [0.3, 0.4) is 0 Å². The van der Waals surface area contributed by atoms with Gasteiger partial charge in [-0.15, -0.1) is 0 Å². The Hall–Kier alpha value is -2.93. The van der Waals surface area contributed by atoms with Crippen LogP contribution < -0.4 is 5.43 Å². The van der Waals surface area contributed by atoms with Crippen LogP contribution in [0.15, 0.2) is 56.4 Å². The predicted molar refractivity (Wildman–Crippen MR) is 93.6 cm³/mol. The minimum Gasteiger partial charge on any atom is -0.450 e. The van der Waals surface area contributed by atoms with Crippen molar-refractivity contribution in [1.82, 2.24) is 4.90 Å². The summed E-state index contributed by atoms with van der Waals surface area (Å²) in [5.41, 5.74) is 0.963. The van der Waals surface area contributed by atoms with E-state index in [9.17, 15) is 14.4 Å². The van der Waals surface area contributed by atoms with Crippen molar-refractivity contribution in [3.63, 3.8) is 0 Å². The van der Waals surface area contributed by atoms with E-state index in [2.05, 4.69) is 0 Å². The van der Waals surface area contributed by atoms with E-state index in [1.54, 1.807) is 42.6 Å². The van der Waals surface area contributed by atoms with Crippen LogP contribution >= 0.6 is 11.3 Å². The zero-order valence-electron chi connectivity index (χ0n) is 13.4. The minimum atomic E-state index is -0.847. The third-order valence-electron chi connectivity index (χ3n) is 3.59. The summed E-state index contributed by atoms with van der Waals surface area (Å²) in [6.07, 6.45) is 0. The Kier molecular flexibility index (Phi) is 4.95. The summed E-state index contributed by atoms with van der Waals surface area (Å²) in [5.74, 6) is -1.42. The highest BCUT2D eigenvalue weighted by atomic mass is 32.1. The van der Waals surface area contributed by atoms with Crippen LogP contribution in [0.5, 0.6) is 0 Å². The van der Waals surface area contributed by atoms with Gasteiger partial charge >= 0.3 is 5.97 Å². The maximum Gasteiger partial charge on any atom is 0.374 e. The molecule has 0 saturated heterocycles. The number of para-hydroxylation sites is 1. The molecule has 0 bridgehead atoms. The van der Waals surface area contributed by atoms with E-state index >= 15 is 0 Å². The first-order valence-corrected chi connectivity index (χ1v) is 8.44. The number of carbonyl (C=O) groups is 2. The molecule has 0 saturated carbocycles. The molecule has 0 atom stereocenters. The number of esters is 1. The molecule has 2 aromatic heterocycles. The Morgan fingerprint density at radius 3 is 2.80 bits per heavy atom. The molecule has 3 aromatic rings. The van der Waals surface area contributed by atoms with Crippen molar-refractivity contribution < 1.29 is 18.7 Å². The van der Waals surface area contributed by atoms with Gasteiger partial charge in [0.05, 0.1) is 5.39 Å². The van der Waals surface area contributed by atoms with Gasteiger partial charge in [0.15, 0.2) is 12.0 Å². The third-order valence-corrected chi connectivity index (χ3v) is 4.32. The quantitative estimate of drug-likeness (QED) is 0.656. The Labute approximate surface area is 147 Å². The molecule has 2 heterocycles. The molecule has 25 heavy (non-hydrogen) atoms. The molecule has 0 N–H and O–H groups in total. The van der Waals surface area contributed by atoms with Crippen LogP contribution in [0, 0.1) is 0 Å².